The molecule has 0 aromatic heterocycles. The second-order valence-electron chi connectivity index (χ2n) is 7.98. The van der Waals surface area contributed by atoms with E-state index in [4.69, 9.17) is 5.26 Å². The monoisotopic (exact) mass is 378 g/mol. The van der Waals surface area contributed by atoms with Crippen molar-refractivity contribution < 1.29 is 14.6 Å². The zero-order valence-corrected chi connectivity index (χ0v) is 17.1. The van der Waals surface area contributed by atoms with Crippen LogP contribution in [0.25, 0.3) is 0 Å². The lowest BCUT2D eigenvalue weighted by Crippen LogP contribution is -3.28. The molecule has 28 heavy (non-hydrogen) atoms. The standard InChI is InChI=1S/C23H28N4O/c1-17-12-18(2)23(19(3)13-17)25-22(28)16-27-10-8-26(9-11-27)15-21-6-4-20(14-24)5-7-21/h4-7,12-13H,8-11,15-16H2,1-3H3,(H,25,28)/p+2. The first-order chi connectivity index (χ1) is 13.4. The molecule has 1 saturated heterocycles. The summed E-state index contributed by atoms with van der Waals surface area (Å²) < 4.78 is 0. The second kappa shape index (κ2) is 9.01. The van der Waals surface area contributed by atoms with Gasteiger partial charge in [-0.3, -0.25) is 4.79 Å². The molecule has 0 aliphatic carbocycles. The van der Waals surface area contributed by atoms with Gasteiger partial charge in [-0.05, 0) is 44.0 Å². The number of nitrogens with zero attached hydrogens (tertiary/aromatic N) is 1. The van der Waals surface area contributed by atoms with Crippen molar-refractivity contribution in [2.75, 3.05) is 38.0 Å². The number of nitriles is 1. The van der Waals surface area contributed by atoms with E-state index in [-0.39, 0.29) is 5.91 Å². The molecule has 1 fully saturated rings. The maximum atomic E-state index is 12.5. The zero-order chi connectivity index (χ0) is 20.1. The van der Waals surface area contributed by atoms with Crippen molar-refractivity contribution in [3.8, 4) is 6.07 Å². The topological polar surface area (TPSA) is 61.8 Å². The number of benzene rings is 2. The van der Waals surface area contributed by atoms with Gasteiger partial charge in [0.15, 0.2) is 6.54 Å². The fraction of sp³-hybridized carbons (Fsp3) is 0.391. The van der Waals surface area contributed by atoms with Crippen molar-refractivity contribution in [3.05, 3.63) is 64.2 Å². The van der Waals surface area contributed by atoms with Crippen LogP contribution in [0, 0.1) is 32.1 Å². The first-order valence-corrected chi connectivity index (χ1v) is 9.98. The average molecular weight is 379 g/mol. The van der Waals surface area contributed by atoms with Crippen molar-refractivity contribution in [2.45, 2.75) is 27.3 Å². The van der Waals surface area contributed by atoms with Crippen LogP contribution in [0.4, 0.5) is 5.69 Å². The van der Waals surface area contributed by atoms with Gasteiger partial charge in [0, 0.05) is 11.3 Å². The van der Waals surface area contributed by atoms with Gasteiger partial charge >= 0.3 is 0 Å². The molecule has 146 valence electrons. The van der Waals surface area contributed by atoms with Gasteiger partial charge in [0.2, 0.25) is 0 Å². The third-order valence-corrected chi connectivity index (χ3v) is 5.55. The molecule has 5 nitrogen and oxygen atoms in total. The van der Waals surface area contributed by atoms with E-state index >= 15 is 0 Å². The molecule has 3 N–H and O–H groups in total. The summed E-state index contributed by atoms with van der Waals surface area (Å²) in [6.07, 6.45) is 0. The summed E-state index contributed by atoms with van der Waals surface area (Å²) in [5.74, 6) is 0.0978. The van der Waals surface area contributed by atoms with Crippen LogP contribution in [-0.2, 0) is 11.3 Å². The normalized spacial score (nSPS) is 19.1. The van der Waals surface area contributed by atoms with Crippen LogP contribution in [0.5, 0.6) is 0 Å². The summed E-state index contributed by atoms with van der Waals surface area (Å²) in [5, 5.41) is 12.0. The molecule has 3 rings (SSSR count). The molecule has 5 heteroatoms. The van der Waals surface area contributed by atoms with E-state index < -0.39 is 0 Å². The van der Waals surface area contributed by atoms with Crippen LogP contribution < -0.4 is 15.1 Å². The number of aryl methyl sites for hydroxylation is 3. The maximum Gasteiger partial charge on any atom is 0.279 e. The number of rotatable bonds is 5. The Morgan fingerprint density at radius 1 is 1.00 bits per heavy atom. The Morgan fingerprint density at radius 3 is 2.14 bits per heavy atom. The highest BCUT2D eigenvalue weighted by atomic mass is 16.2. The first kappa shape index (κ1) is 20.1. The summed E-state index contributed by atoms with van der Waals surface area (Å²) in [4.78, 5) is 15.4. The minimum atomic E-state index is 0.0978. The molecule has 1 heterocycles. The van der Waals surface area contributed by atoms with Crippen LogP contribution in [0.15, 0.2) is 36.4 Å². The lowest BCUT2D eigenvalue weighted by Gasteiger charge is -2.29. The Bertz CT molecular complexity index is 851. The minimum Gasteiger partial charge on any atom is -0.322 e. The average Bonchev–Trinajstić information content (AvgIpc) is 2.67. The molecule has 2 aromatic rings. The van der Waals surface area contributed by atoms with Crippen LogP contribution >= 0.6 is 0 Å². The smallest absolute Gasteiger partial charge is 0.279 e. The summed E-state index contributed by atoms with van der Waals surface area (Å²) in [7, 11) is 0. The molecule has 1 amide bonds. The van der Waals surface area contributed by atoms with E-state index in [9.17, 15) is 4.79 Å². The van der Waals surface area contributed by atoms with Gasteiger partial charge in [-0.15, -0.1) is 0 Å². The second-order valence-corrected chi connectivity index (χ2v) is 7.98. The molecule has 0 bridgehead atoms. The van der Waals surface area contributed by atoms with E-state index in [1.54, 1.807) is 4.90 Å². The van der Waals surface area contributed by atoms with Crippen LogP contribution in [-0.4, -0.2) is 38.6 Å². The fourth-order valence-corrected chi connectivity index (χ4v) is 4.08. The van der Waals surface area contributed by atoms with E-state index in [1.165, 1.54) is 16.0 Å². The van der Waals surface area contributed by atoms with E-state index in [2.05, 4.69) is 30.4 Å². The van der Waals surface area contributed by atoms with Gasteiger partial charge in [0.1, 0.15) is 32.7 Å². The lowest BCUT2D eigenvalue weighted by molar-refractivity contribution is -1.02. The summed E-state index contributed by atoms with van der Waals surface area (Å²) in [6.45, 7) is 11.8. The maximum absolute atomic E-state index is 12.5. The number of hydrogen-bond donors (Lipinski definition) is 3. The highest BCUT2D eigenvalue weighted by Crippen LogP contribution is 2.21. The highest BCUT2D eigenvalue weighted by Gasteiger charge is 2.25. The molecule has 0 spiro atoms. The molecule has 0 radical (unpaired) electrons. The SMILES string of the molecule is Cc1cc(C)c(NC(=O)C[NH+]2CC[NH+](Cc3ccc(C#N)cc3)CC2)c(C)c1. The molecule has 1 aliphatic rings. The van der Waals surface area contributed by atoms with E-state index in [1.807, 2.05) is 38.1 Å². The third kappa shape index (κ3) is 5.19. The van der Waals surface area contributed by atoms with Gasteiger partial charge in [-0.1, -0.05) is 29.8 Å². The third-order valence-electron chi connectivity index (χ3n) is 5.55. The number of hydrogen-bond acceptors (Lipinski definition) is 2. The molecule has 0 atom stereocenters. The molecule has 1 aliphatic heterocycles. The Morgan fingerprint density at radius 2 is 1.57 bits per heavy atom. The van der Waals surface area contributed by atoms with Crippen molar-refractivity contribution in [3.63, 3.8) is 0 Å². The number of amides is 1. The van der Waals surface area contributed by atoms with Gasteiger partial charge < -0.3 is 15.1 Å². The zero-order valence-electron chi connectivity index (χ0n) is 17.1. The van der Waals surface area contributed by atoms with Crippen LogP contribution in [0.2, 0.25) is 0 Å². The number of anilines is 1. The summed E-state index contributed by atoms with van der Waals surface area (Å²) in [6, 6.07) is 14.2. The number of nitrogens with one attached hydrogen (secondary N) is 3. The Hall–Kier alpha value is -2.68. The highest BCUT2D eigenvalue weighted by molar-refractivity contribution is 5.93. The quantitative estimate of drug-likeness (QED) is 0.706. The number of quaternary nitrogens is 2. The van der Waals surface area contributed by atoms with Gasteiger partial charge in [-0.2, -0.15) is 5.26 Å². The summed E-state index contributed by atoms with van der Waals surface area (Å²) >= 11 is 0. The number of piperazine rings is 1. The van der Waals surface area contributed by atoms with Crippen LogP contribution in [0.1, 0.15) is 27.8 Å². The molecular formula is C23H30N4O+2. The Balaban J connectivity index is 1.47. The first-order valence-electron chi connectivity index (χ1n) is 9.98. The van der Waals surface area contributed by atoms with Crippen LogP contribution in [0.3, 0.4) is 0 Å². The van der Waals surface area contributed by atoms with Crippen molar-refractivity contribution >= 4 is 11.6 Å². The molecule has 2 aromatic carbocycles. The molecule has 0 unspecified atom stereocenters. The van der Waals surface area contributed by atoms with Crippen molar-refractivity contribution in [1.82, 2.24) is 0 Å². The number of carbonyl (C=O) groups excluding carboxylic acids is 1. The largest absolute Gasteiger partial charge is 0.322 e. The lowest BCUT2D eigenvalue weighted by atomic mass is 10.1. The van der Waals surface area contributed by atoms with Gasteiger partial charge in [-0.25, -0.2) is 0 Å². The predicted octanol–water partition coefficient (Wildman–Crippen LogP) is 0.406. The van der Waals surface area contributed by atoms with E-state index in [0.29, 0.717) is 12.1 Å². The number of carbonyl (C=O) groups is 1. The predicted molar refractivity (Wildman–Crippen MR) is 110 cm³/mol. The van der Waals surface area contributed by atoms with Crippen molar-refractivity contribution in [1.29, 1.82) is 5.26 Å². The van der Waals surface area contributed by atoms with Gasteiger partial charge in [0.05, 0.1) is 11.6 Å². The van der Waals surface area contributed by atoms with Crippen molar-refractivity contribution in [2.24, 2.45) is 0 Å². The Labute approximate surface area is 167 Å². The van der Waals surface area contributed by atoms with Gasteiger partial charge in [0.25, 0.3) is 5.91 Å². The van der Waals surface area contributed by atoms with E-state index in [0.717, 1.165) is 49.5 Å². The summed E-state index contributed by atoms with van der Waals surface area (Å²) in [5.41, 5.74) is 6.40. The molecular weight excluding hydrogens is 348 g/mol. The Kier molecular flexibility index (Phi) is 6.45. The fourth-order valence-electron chi connectivity index (χ4n) is 4.08. The minimum absolute atomic E-state index is 0.0978. The molecule has 0 saturated carbocycles.